The SMILES string of the molecule is CC[C@H]1OC(=O)[C@H](C)[C@@H](O[C@H]2C[C@@](C)(OC)[C@@H](O)[C@H](C)O2)[C@H](C)[C@@H](O[C@@H]2O[C@H](C)C[C@H]([N+](C)(C)[O-])[C@H]2O)C(C)(O)C[C@@H](C)/C(=N\OC)[C@H](C)[C@@H](O)[C@]1(C)O. The molecule has 3 aliphatic heterocycles. The quantitative estimate of drug-likeness (QED) is 0.136. The summed E-state index contributed by atoms with van der Waals surface area (Å²) < 4.78 is 36.4. The summed E-state index contributed by atoms with van der Waals surface area (Å²) in [5.41, 5.74) is -4.48. The van der Waals surface area contributed by atoms with Gasteiger partial charge in [0.1, 0.15) is 31.0 Å². The summed E-state index contributed by atoms with van der Waals surface area (Å²) in [5.74, 6) is -4.16. The van der Waals surface area contributed by atoms with Crippen LogP contribution in [0.3, 0.4) is 0 Å². The highest BCUT2D eigenvalue weighted by Gasteiger charge is 2.54. The van der Waals surface area contributed by atoms with Crippen molar-refractivity contribution in [3.8, 4) is 0 Å². The predicted octanol–water partition coefficient (Wildman–Crippen LogP) is 2.23. The van der Waals surface area contributed by atoms with Crippen molar-refractivity contribution in [2.75, 3.05) is 28.3 Å². The second kappa shape index (κ2) is 17.9. The van der Waals surface area contributed by atoms with Gasteiger partial charge in [0, 0.05) is 37.7 Å². The monoisotopic (exact) mass is 778 g/mol. The number of hydrogen-bond donors (Lipinski definition) is 5. The van der Waals surface area contributed by atoms with E-state index in [1.165, 1.54) is 35.2 Å². The molecule has 0 saturated carbocycles. The van der Waals surface area contributed by atoms with Gasteiger partial charge in [0.25, 0.3) is 0 Å². The average molecular weight is 779 g/mol. The summed E-state index contributed by atoms with van der Waals surface area (Å²) in [5, 5.41) is 75.9. The Morgan fingerprint density at radius 1 is 0.926 bits per heavy atom. The summed E-state index contributed by atoms with van der Waals surface area (Å²) in [4.78, 5) is 19.4. The number of quaternary nitrogens is 1. The molecule has 0 radical (unpaired) electrons. The molecule has 0 bridgehead atoms. The van der Waals surface area contributed by atoms with Gasteiger partial charge in [-0.15, -0.1) is 0 Å². The van der Waals surface area contributed by atoms with E-state index in [4.69, 9.17) is 33.3 Å². The molecule has 0 aromatic carbocycles. The number of ether oxygens (including phenoxy) is 6. The Morgan fingerprint density at radius 3 is 2.07 bits per heavy atom. The number of likely N-dealkylation sites (N-methyl/N-ethyl adjacent to an activating group) is 1. The topological polar surface area (TPSA) is 218 Å². The van der Waals surface area contributed by atoms with Crippen LogP contribution >= 0.6 is 0 Å². The number of aliphatic hydroxyl groups excluding tert-OH is 3. The third-order valence-corrected chi connectivity index (χ3v) is 12.2. The van der Waals surface area contributed by atoms with Crippen LogP contribution in [0.4, 0.5) is 0 Å². The molecular formula is C38H70N2O14. The minimum absolute atomic E-state index is 0.0397. The van der Waals surface area contributed by atoms with Crippen LogP contribution in [0.2, 0.25) is 0 Å². The lowest BCUT2D eigenvalue weighted by Gasteiger charge is -2.51. The molecule has 0 amide bonds. The van der Waals surface area contributed by atoms with Gasteiger partial charge in [-0.25, -0.2) is 0 Å². The number of oxime groups is 1. The number of hydrogen-bond acceptors (Lipinski definition) is 15. The standard InChI is InChI=1S/C38H70N2O14/c1-15-26-38(10,46)31(42)21(4)28(39-49-14)19(2)17-36(8,45)33(54-35-29(41)25(40(11,12)47)16-20(3)50-35)22(5)30(23(6)34(44)52-26)53-27-18-37(9,48-13)32(43)24(7)51-27/h19-27,29-33,35,41-43,45-46H,15-18H2,1-14H3/b39-28+/t19-,20-,21+,22+,23-,24+,25+,26-,27+,29-,30+,31-,32+,33-,35+,36?,37-,38-/m1/s1. The van der Waals surface area contributed by atoms with Crippen LogP contribution in [-0.4, -0.2) is 154 Å². The van der Waals surface area contributed by atoms with Crippen LogP contribution in [0.5, 0.6) is 0 Å². The predicted molar refractivity (Wildman–Crippen MR) is 197 cm³/mol. The number of methoxy groups -OCH3 is 1. The number of aliphatic hydroxyl groups is 5. The van der Waals surface area contributed by atoms with E-state index in [9.17, 15) is 35.5 Å². The summed E-state index contributed by atoms with van der Waals surface area (Å²) in [6.45, 7) is 16.6. The van der Waals surface area contributed by atoms with E-state index < -0.39 is 119 Å². The Balaban J connectivity index is 2.24. The third kappa shape index (κ3) is 10.1. The van der Waals surface area contributed by atoms with Gasteiger partial charge in [0.05, 0.1) is 67.4 Å². The molecule has 0 spiro atoms. The second-order valence-electron chi connectivity index (χ2n) is 17.2. The van der Waals surface area contributed by atoms with Crippen molar-refractivity contribution < 1.29 is 68.2 Å². The Hall–Kier alpha value is -1.54. The first-order valence-corrected chi connectivity index (χ1v) is 19.3. The molecule has 0 aliphatic carbocycles. The van der Waals surface area contributed by atoms with Gasteiger partial charge in [-0.2, -0.15) is 0 Å². The van der Waals surface area contributed by atoms with E-state index in [1.807, 2.05) is 0 Å². The highest BCUT2D eigenvalue weighted by Crippen LogP contribution is 2.41. The number of carbonyl (C=O) groups excluding carboxylic acids is 1. The van der Waals surface area contributed by atoms with Crippen LogP contribution in [0.1, 0.15) is 94.9 Å². The van der Waals surface area contributed by atoms with E-state index >= 15 is 0 Å². The first kappa shape index (κ1) is 46.8. The van der Waals surface area contributed by atoms with Crippen LogP contribution in [0.25, 0.3) is 0 Å². The van der Waals surface area contributed by atoms with Crippen molar-refractivity contribution >= 4 is 11.7 Å². The van der Waals surface area contributed by atoms with E-state index in [1.54, 1.807) is 62.3 Å². The Labute approximate surface area is 321 Å². The lowest BCUT2D eigenvalue weighted by molar-refractivity contribution is -0.874. The van der Waals surface area contributed by atoms with Crippen LogP contribution in [0.15, 0.2) is 5.16 Å². The van der Waals surface area contributed by atoms with Gasteiger partial charge in [-0.1, -0.05) is 32.9 Å². The van der Waals surface area contributed by atoms with Gasteiger partial charge >= 0.3 is 5.97 Å². The van der Waals surface area contributed by atoms with Crippen LogP contribution < -0.4 is 0 Å². The molecule has 16 nitrogen and oxygen atoms in total. The lowest BCUT2D eigenvalue weighted by atomic mass is 9.73. The van der Waals surface area contributed by atoms with Crippen molar-refractivity contribution in [3.63, 3.8) is 0 Å². The zero-order valence-corrected chi connectivity index (χ0v) is 34.8. The van der Waals surface area contributed by atoms with Gasteiger partial charge < -0.3 is 68.6 Å². The molecule has 16 heteroatoms. The minimum Gasteiger partial charge on any atom is -0.633 e. The molecule has 0 aromatic heterocycles. The fourth-order valence-electron chi connectivity index (χ4n) is 8.80. The van der Waals surface area contributed by atoms with Crippen LogP contribution in [-0.2, 0) is 38.1 Å². The molecule has 316 valence electrons. The van der Waals surface area contributed by atoms with E-state index in [0.717, 1.165) is 0 Å². The molecule has 0 aromatic rings. The first-order valence-electron chi connectivity index (χ1n) is 19.3. The van der Waals surface area contributed by atoms with Gasteiger partial charge in [0.15, 0.2) is 18.7 Å². The number of esters is 1. The molecule has 3 heterocycles. The largest absolute Gasteiger partial charge is 0.633 e. The molecule has 5 N–H and O–H groups in total. The van der Waals surface area contributed by atoms with E-state index in [-0.39, 0.29) is 25.7 Å². The zero-order valence-electron chi connectivity index (χ0n) is 34.8. The fraction of sp³-hybridized carbons (Fsp3) is 0.947. The number of carbonyl (C=O) groups is 1. The normalized spacial score (nSPS) is 48.6. The van der Waals surface area contributed by atoms with Gasteiger partial charge in [-0.05, 0) is 54.4 Å². The van der Waals surface area contributed by atoms with Gasteiger partial charge in [-0.3, -0.25) is 4.79 Å². The number of nitrogens with zero attached hydrogens (tertiary/aromatic N) is 2. The highest BCUT2D eigenvalue weighted by atomic mass is 16.7. The molecule has 1 unspecified atom stereocenters. The van der Waals surface area contributed by atoms with Crippen molar-refractivity contribution in [2.45, 2.75) is 179 Å². The fourth-order valence-corrected chi connectivity index (χ4v) is 8.80. The maximum Gasteiger partial charge on any atom is 0.311 e. The van der Waals surface area contributed by atoms with E-state index in [0.29, 0.717) is 5.71 Å². The minimum atomic E-state index is -1.94. The van der Waals surface area contributed by atoms with Crippen molar-refractivity contribution in [3.05, 3.63) is 5.21 Å². The number of cyclic esters (lactones) is 1. The zero-order chi connectivity index (χ0) is 41.3. The summed E-state index contributed by atoms with van der Waals surface area (Å²) in [6.07, 6.45) is -10.5. The molecule has 3 fully saturated rings. The van der Waals surface area contributed by atoms with E-state index in [2.05, 4.69) is 5.16 Å². The molecule has 3 saturated heterocycles. The van der Waals surface area contributed by atoms with Crippen molar-refractivity contribution in [1.29, 1.82) is 0 Å². The molecule has 18 atom stereocenters. The summed E-state index contributed by atoms with van der Waals surface area (Å²) >= 11 is 0. The van der Waals surface area contributed by atoms with Crippen molar-refractivity contribution in [1.82, 2.24) is 0 Å². The summed E-state index contributed by atoms with van der Waals surface area (Å²) in [6, 6.07) is -0.811. The van der Waals surface area contributed by atoms with Crippen molar-refractivity contribution in [2.24, 2.45) is 28.8 Å². The molecule has 3 aliphatic rings. The first-order chi connectivity index (χ1) is 24.8. The molecular weight excluding hydrogens is 708 g/mol. The lowest BCUT2D eigenvalue weighted by Crippen LogP contribution is -2.63. The van der Waals surface area contributed by atoms with Gasteiger partial charge in [0.2, 0.25) is 0 Å². The third-order valence-electron chi connectivity index (χ3n) is 12.2. The smallest absolute Gasteiger partial charge is 0.311 e. The molecule has 3 rings (SSSR count). The average Bonchev–Trinajstić information content (AvgIpc) is 3.08. The molecule has 54 heavy (non-hydrogen) atoms. The maximum absolute atomic E-state index is 14.2. The Bertz CT molecular complexity index is 1260. The number of rotatable bonds is 8. The second-order valence-corrected chi connectivity index (χ2v) is 17.2. The van der Waals surface area contributed by atoms with Crippen LogP contribution in [0, 0.1) is 28.9 Å². The number of hydroxylamine groups is 3. The highest BCUT2D eigenvalue weighted by molar-refractivity contribution is 5.88. The Morgan fingerprint density at radius 2 is 1.54 bits per heavy atom. The summed E-state index contributed by atoms with van der Waals surface area (Å²) in [7, 11) is 5.70. The maximum atomic E-state index is 14.2. The Kier molecular flexibility index (Phi) is 15.6.